The summed E-state index contributed by atoms with van der Waals surface area (Å²) in [5.41, 5.74) is 1.52. The number of fused-ring (bicyclic) bond motifs is 3. The largest absolute Gasteiger partial charge is 0.308 e. The van der Waals surface area contributed by atoms with Crippen LogP contribution in [0.3, 0.4) is 0 Å². The molecular formula is C20H18N4O2. The first kappa shape index (κ1) is 16.4. The highest BCUT2D eigenvalue weighted by Crippen LogP contribution is 2.48. The van der Waals surface area contributed by atoms with Crippen LogP contribution in [0.25, 0.3) is 16.2 Å². The Kier molecular flexibility index (Phi) is 3.62. The fourth-order valence-corrected chi connectivity index (χ4v) is 4.40. The lowest BCUT2D eigenvalue weighted by Gasteiger charge is -2.45. The number of carbonyl (C=O) groups excluding carboxylic acids is 1. The van der Waals surface area contributed by atoms with Crippen molar-refractivity contribution in [3.8, 4) is 11.4 Å². The van der Waals surface area contributed by atoms with Crippen LogP contribution in [0.15, 0.2) is 41.1 Å². The van der Waals surface area contributed by atoms with Crippen molar-refractivity contribution in [2.75, 3.05) is 0 Å². The van der Waals surface area contributed by atoms with E-state index in [1.54, 1.807) is 30.6 Å². The van der Waals surface area contributed by atoms with Crippen LogP contribution in [0.4, 0.5) is 0 Å². The summed E-state index contributed by atoms with van der Waals surface area (Å²) in [4.78, 5) is 40.2. The van der Waals surface area contributed by atoms with Crippen LogP contribution in [0, 0.1) is 18.4 Å². The topological polar surface area (TPSA) is 80.1 Å². The number of hydrogen-bond donors (Lipinski definition) is 1. The van der Waals surface area contributed by atoms with E-state index in [9.17, 15) is 9.59 Å². The van der Waals surface area contributed by atoms with Gasteiger partial charge in [0.25, 0.3) is 5.56 Å². The fraction of sp³-hybridized carbons (Fsp3) is 0.350. The first-order chi connectivity index (χ1) is 12.5. The van der Waals surface area contributed by atoms with Gasteiger partial charge in [0.1, 0.15) is 5.82 Å². The maximum atomic E-state index is 12.7. The van der Waals surface area contributed by atoms with Gasteiger partial charge >= 0.3 is 0 Å². The summed E-state index contributed by atoms with van der Waals surface area (Å²) in [6.07, 6.45) is 6.36. The Morgan fingerprint density at radius 3 is 2.73 bits per heavy atom. The summed E-state index contributed by atoms with van der Waals surface area (Å²) < 4.78 is 0. The second-order valence-corrected chi connectivity index (χ2v) is 7.20. The van der Waals surface area contributed by atoms with Crippen LogP contribution >= 0.6 is 0 Å². The smallest absolute Gasteiger partial charge is 0.254 e. The number of allylic oxidation sites excluding steroid dienone is 2. The molecule has 0 unspecified atom stereocenters. The molecule has 0 saturated heterocycles. The molecule has 0 saturated carbocycles. The molecule has 2 heterocycles. The maximum Gasteiger partial charge on any atom is 0.254 e. The van der Waals surface area contributed by atoms with E-state index >= 15 is 0 Å². The van der Waals surface area contributed by atoms with Gasteiger partial charge in [-0.3, -0.25) is 9.78 Å². The molecule has 0 aromatic carbocycles. The van der Waals surface area contributed by atoms with Crippen molar-refractivity contribution in [1.29, 1.82) is 0 Å². The Bertz CT molecular complexity index is 1030. The molecule has 0 spiro atoms. The van der Waals surface area contributed by atoms with Gasteiger partial charge in [-0.05, 0) is 30.9 Å². The molecule has 6 nitrogen and oxygen atoms in total. The van der Waals surface area contributed by atoms with Gasteiger partial charge in [0, 0.05) is 34.9 Å². The molecule has 26 heavy (non-hydrogen) atoms. The standard InChI is InChI=1S/C20H18N4O2/c1-11-14-5-4-13-17(20(14,2)10-15(21-3)16(11)25)23-18(24-19(13)26)12-6-8-22-9-7-12/h6-11,14H,4-5H2,1-2H3,(H,23,24,26)/t11-,14-,20-/m1/s1. The third-order valence-corrected chi connectivity index (χ3v) is 5.78. The van der Waals surface area contributed by atoms with E-state index in [-0.39, 0.29) is 28.9 Å². The Morgan fingerprint density at radius 1 is 1.31 bits per heavy atom. The minimum atomic E-state index is -0.600. The molecule has 2 aromatic rings. The van der Waals surface area contributed by atoms with E-state index < -0.39 is 5.41 Å². The highest BCUT2D eigenvalue weighted by atomic mass is 16.1. The van der Waals surface area contributed by atoms with Gasteiger partial charge in [0.15, 0.2) is 5.78 Å². The van der Waals surface area contributed by atoms with E-state index in [1.165, 1.54) is 0 Å². The average Bonchev–Trinajstić information content (AvgIpc) is 2.65. The predicted octanol–water partition coefficient (Wildman–Crippen LogP) is 2.67. The molecule has 0 radical (unpaired) electrons. The summed E-state index contributed by atoms with van der Waals surface area (Å²) in [7, 11) is 0. The van der Waals surface area contributed by atoms with Gasteiger partial charge in [-0.25, -0.2) is 9.83 Å². The number of rotatable bonds is 1. The Morgan fingerprint density at radius 2 is 2.04 bits per heavy atom. The molecule has 0 bridgehead atoms. The van der Waals surface area contributed by atoms with Crippen LogP contribution in [0.1, 0.15) is 31.5 Å². The quantitative estimate of drug-likeness (QED) is 0.805. The zero-order valence-electron chi connectivity index (χ0n) is 14.6. The zero-order chi connectivity index (χ0) is 18.5. The number of Topliss-reactive ketones (excluding diaryl/α,β-unsaturated/α-hetero) is 1. The van der Waals surface area contributed by atoms with Crippen LogP contribution in [-0.2, 0) is 16.6 Å². The normalized spacial score (nSPS) is 27.1. The van der Waals surface area contributed by atoms with Gasteiger partial charge < -0.3 is 9.78 Å². The molecule has 2 aliphatic rings. The third-order valence-electron chi connectivity index (χ3n) is 5.78. The average molecular weight is 346 g/mol. The van der Waals surface area contributed by atoms with Gasteiger partial charge in [0.2, 0.25) is 5.70 Å². The third kappa shape index (κ3) is 2.24. The summed E-state index contributed by atoms with van der Waals surface area (Å²) in [5.74, 6) is 0.158. The second-order valence-electron chi connectivity index (χ2n) is 7.20. The van der Waals surface area contributed by atoms with Gasteiger partial charge in [-0.15, -0.1) is 0 Å². The van der Waals surface area contributed by atoms with Crippen molar-refractivity contribution >= 4 is 5.78 Å². The lowest BCUT2D eigenvalue weighted by atomic mass is 9.58. The van der Waals surface area contributed by atoms with E-state index in [0.29, 0.717) is 23.5 Å². The fourth-order valence-electron chi connectivity index (χ4n) is 4.40. The van der Waals surface area contributed by atoms with Crippen LogP contribution in [0.2, 0.25) is 0 Å². The lowest BCUT2D eigenvalue weighted by Crippen LogP contribution is -2.47. The van der Waals surface area contributed by atoms with Crippen molar-refractivity contribution in [2.45, 2.75) is 32.1 Å². The zero-order valence-corrected chi connectivity index (χ0v) is 14.6. The number of carbonyl (C=O) groups is 1. The number of pyridine rings is 1. The Labute approximate surface area is 150 Å². The number of H-pyrrole nitrogens is 1. The van der Waals surface area contributed by atoms with Crippen molar-refractivity contribution in [3.05, 3.63) is 69.3 Å². The number of aromatic amines is 1. The minimum Gasteiger partial charge on any atom is -0.308 e. The molecule has 4 rings (SSSR count). The van der Waals surface area contributed by atoms with E-state index in [2.05, 4.69) is 14.8 Å². The Balaban J connectivity index is 1.97. The molecular weight excluding hydrogens is 328 g/mol. The van der Waals surface area contributed by atoms with Crippen molar-refractivity contribution < 1.29 is 4.79 Å². The minimum absolute atomic E-state index is 0.0348. The molecule has 3 atom stereocenters. The van der Waals surface area contributed by atoms with Crippen molar-refractivity contribution in [2.24, 2.45) is 11.8 Å². The molecule has 2 aliphatic carbocycles. The van der Waals surface area contributed by atoms with Crippen molar-refractivity contribution in [1.82, 2.24) is 15.0 Å². The number of nitrogens with one attached hydrogen (secondary N) is 1. The summed E-state index contributed by atoms with van der Waals surface area (Å²) in [6, 6.07) is 3.58. The predicted molar refractivity (Wildman–Crippen MR) is 96.1 cm³/mol. The van der Waals surface area contributed by atoms with E-state index in [0.717, 1.165) is 12.0 Å². The number of hydrogen-bond acceptors (Lipinski definition) is 4. The van der Waals surface area contributed by atoms with Crippen molar-refractivity contribution in [3.63, 3.8) is 0 Å². The summed E-state index contributed by atoms with van der Waals surface area (Å²) >= 11 is 0. The van der Waals surface area contributed by atoms with Gasteiger partial charge in [-0.2, -0.15) is 0 Å². The highest BCUT2D eigenvalue weighted by molar-refractivity contribution is 6.00. The molecule has 0 fully saturated rings. The summed E-state index contributed by atoms with van der Waals surface area (Å²) in [5, 5.41) is 0. The highest BCUT2D eigenvalue weighted by Gasteiger charge is 2.49. The number of nitrogens with zero attached hydrogens (tertiary/aromatic N) is 3. The number of ketones is 1. The first-order valence-electron chi connectivity index (χ1n) is 8.64. The van der Waals surface area contributed by atoms with E-state index in [4.69, 9.17) is 11.6 Å². The molecule has 2 aromatic heterocycles. The van der Waals surface area contributed by atoms with Gasteiger partial charge in [0.05, 0.1) is 12.3 Å². The van der Waals surface area contributed by atoms with Crippen LogP contribution in [-0.4, -0.2) is 20.7 Å². The number of aromatic nitrogens is 3. The summed E-state index contributed by atoms with van der Waals surface area (Å²) in [6.45, 7) is 11.2. The molecule has 0 amide bonds. The molecule has 130 valence electrons. The second kappa shape index (κ2) is 5.73. The van der Waals surface area contributed by atoms with Crippen LogP contribution in [0.5, 0.6) is 0 Å². The lowest BCUT2D eigenvalue weighted by molar-refractivity contribution is -0.121. The Hall–Kier alpha value is -3.07. The van der Waals surface area contributed by atoms with E-state index in [1.807, 2.05) is 13.8 Å². The molecule has 1 N–H and O–H groups in total. The van der Waals surface area contributed by atoms with Crippen LogP contribution < -0.4 is 5.56 Å². The maximum absolute atomic E-state index is 12.7. The molecule has 6 heteroatoms. The molecule has 0 aliphatic heterocycles. The van der Waals surface area contributed by atoms with Gasteiger partial charge in [-0.1, -0.05) is 19.9 Å². The first-order valence-corrected chi connectivity index (χ1v) is 8.64. The monoisotopic (exact) mass is 346 g/mol. The SMILES string of the molecule is [C-]#[N+]C1=C[C@@]2(C)c3nc(-c4ccncc4)[nH]c(=O)c3CC[C@@H]2[C@@H](C)C1=O.